The average Bonchev–Trinajstić information content (AvgIpc) is 2.78. The molecular formula is C25H33N3O3. The van der Waals surface area contributed by atoms with Gasteiger partial charge in [-0.25, -0.2) is 0 Å². The summed E-state index contributed by atoms with van der Waals surface area (Å²) in [5, 5.41) is 3.07. The summed E-state index contributed by atoms with van der Waals surface area (Å²) in [6.45, 7) is 2.74. The lowest BCUT2D eigenvalue weighted by Gasteiger charge is -2.41. The summed E-state index contributed by atoms with van der Waals surface area (Å²) in [6, 6.07) is 15.1. The molecule has 1 heterocycles. The van der Waals surface area contributed by atoms with E-state index in [-0.39, 0.29) is 23.8 Å². The molecular weight excluding hydrogens is 390 g/mol. The van der Waals surface area contributed by atoms with Crippen LogP contribution in [0, 0.1) is 5.92 Å². The van der Waals surface area contributed by atoms with Crippen LogP contribution in [0.3, 0.4) is 0 Å². The van der Waals surface area contributed by atoms with Crippen molar-refractivity contribution in [2.75, 3.05) is 38.0 Å². The number of benzene rings is 2. The number of piperidine rings is 1. The van der Waals surface area contributed by atoms with Gasteiger partial charge in [0.15, 0.2) is 0 Å². The highest BCUT2D eigenvalue weighted by Crippen LogP contribution is 2.41. The normalized spacial score (nSPS) is 18.6. The molecule has 166 valence electrons. The lowest BCUT2D eigenvalue weighted by atomic mass is 9.83. The number of anilines is 2. The van der Waals surface area contributed by atoms with E-state index in [9.17, 15) is 9.59 Å². The van der Waals surface area contributed by atoms with E-state index < -0.39 is 0 Å². The Bertz CT molecular complexity index is 895. The first-order valence-corrected chi connectivity index (χ1v) is 11.0. The molecule has 0 spiro atoms. The van der Waals surface area contributed by atoms with E-state index in [1.165, 1.54) is 0 Å². The van der Waals surface area contributed by atoms with E-state index in [0.717, 1.165) is 29.8 Å². The average molecular weight is 424 g/mol. The van der Waals surface area contributed by atoms with E-state index in [4.69, 9.17) is 4.74 Å². The smallest absolute Gasteiger partial charge is 0.229 e. The van der Waals surface area contributed by atoms with Crippen molar-refractivity contribution in [1.82, 2.24) is 4.90 Å². The van der Waals surface area contributed by atoms with E-state index in [1.54, 1.807) is 7.11 Å². The fraction of sp³-hybridized carbons (Fsp3) is 0.440. The summed E-state index contributed by atoms with van der Waals surface area (Å²) in [5.41, 5.74) is 2.71. The summed E-state index contributed by atoms with van der Waals surface area (Å²) in [6.07, 6.45) is 2.79. The summed E-state index contributed by atoms with van der Waals surface area (Å²) in [4.78, 5) is 30.2. The van der Waals surface area contributed by atoms with Crippen LogP contribution in [0.25, 0.3) is 0 Å². The molecule has 0 aliphatic carbocycles. The third-order valence-corrected chi connectivity index (χ3v) is 5.90. The number of likely N-dealkylation sites (tertiary alicyclic amines) is 1. The number of hydrogen-bond donors (Lipinski definition) is 1. The van der Waals surface area contributed by atoms with Gasteiger partial charge in [-0.15, -0.1) is 0 Å². The van der Waals surface area contributed by atoms with E-state index in [0.29, 0.717) is 25.1 Å². The van der Waals surface area contributed by atoms with Gasteiger partial charge in [-0.1, -0.05) is 31.5 Å². The van der Waals surface area contributed by atoms with Crippen LogP contribution in [-0.2, 0) is 9.59 Å². The minimum absolute atomic E-state index is 0.0671. The molecule has 1 aliphatic rings. The lowest BCUT2D eigenvalue weighted by Crippen LogP contribution is -2.47. The Morgan fingerprint density at radius 3 is 2.52 bits per heavy atom. The van der Waals surface area contributed by atoms with Crippen LogP contribution in [0.15, 0.2) is 48.5 Å². The summed E-state index contributed by atoms with van der Waals surface area (Å²) in [5.74, 6) is 0.391. The number of carbonyl (C=O) groups excluding carboxylic acids is 2. The molecule has 1 saturated heterocycles. The van der Waals surface area contributed by atoms with Gasteiger partial charge in [-0.2, -0.15) is 0 Å². The maximum Gasteiger partial charge on any atom is 0.229 e. The number of methoxy groups -OCH3 is 1. The van der Waals surface area contributed by atoms with Gasteiger partial charge in [0, 0.05) is 44.0 Å². The number of nitrogens with one attached hydrogen (secondary N) is 1. The topological polar surface area (TPSA) is 61.9 Å². The van der Waals surface area contributed by atoms with Crippen LogP contribution in [0.2, 0.25) is 0 Å². The zero-order valence-corrected chi connectivity index (χ0v) is 18.9. The second kappa shape index (κ2) is 10.3. The first kappa shape index (κ1) is 22.7. The van der Waals surface area contributed by atoms with Crippen molar-refractivity contribution in [2.24, 2.45) is 5.92 Å². The molecule has 2 unspecified atom stereocenters. The fourth-order valence-corrected chi connectivity index (χ4v) is 4.19. The van der Waals surface area contributed by atoms with Crippen molar-refractivity contribution in [1.29, 1.82) is 0 Å². The van der Waals surface area contributed by atoms with Gasteiger partial charge in [0.25, 0.3) is 0 Å². The molecule has 0 saturated carbocycles. The number of nitrogens with zero attached hydrogens (tertiary/aromatic N) is 2. The number of carbonyl (C=O) groups is 2. The number of para-hydroxylation sites is 1. The molecule has 1 aliphatic heterocycles. The molecule has 6 heteroatoms. The SMILES string of the molecule is CCCCN1C(=O)CCC(C(=O)Nc2ccc(N(C)C)cc2)C1c1ccccc1OC. The minimum atomic E-state index is -0.348. The van der Waals surface area contributed by atoms with Crippen LogP contribution in [-0.4, -0.2) is 44.5 Å². The van der Waals surface area contributed by atoms with Crippen molar-refractivity contribution in [3.63, 3.8) is 0 Å². The van der Waals surface area contributed by atoms with Crippen LogP contribution < -0.4 is 15.0 Å². The van der Waals surface area contributed by atoms with Crippen molar-refractivity contribution in [3.8, 4) is 5.75 Å². The van der Waals surface area contributed by atoms with Gasteiger partial charge in [-0.05, 0) is 43.2 Å². The zero-order valence-electron chi connectivity index (χ0n) is 18.9. The second-order valence-corrected chi connectivity index (χ2v) is 8.20. The Balaban J connectivity index is 1.91. The number of rotatable bonds is 8. The Hall–Kier alpha value is -3.02. The monoisotopic (exact) mass is 423 g/mol. The number of unbranched alkanes of at least 4 members (excludes halogenated alkanes) is 1. The van der Waals surface area contributed by atoms with Crippen molar-refractivity contribution in [2.45, 2.75) is 38.6 Å². The molecule has 3 rings (SSSR count). The summed E-state index contributed by atoms with van der Waals surface area (Å²) >= 11 is 0. The molecule has 2 amide bonds. The Kier molecular flexibility index (Phi) is 7.55. The van der Waals surface area contributed by atoms with E-state index in [2.05, 4.69) is 12.2 Å². The first-order valence-electron chi connectivity index (χ1n) is 11.0. The lowest BCUT2D eigenvalue weighted by molar-refractivity contribution is -0.142. The molecule has 0 radical (unpaired) electrons. The quantitative estimate of drug-likeness (QED) is 0.680. The van der Waals surface area contributed by atoms with Gasteiger partial charge in [0.1, 0.15) is 5.75 Å². The van der Waals surface area contributed by atoms with E-state index >= 15 is 0 Å². The highest BCUT2D eigenvalue weighted by atomic mass is 16.5. The third kappa shape index (κ3) is 5.19. The summed E-state index contributed by atoms with van der Waals surface area (Å²) in [7, 11) is 5.59. The van der Waals surface area contributed by atoms with Gasteiger partial charge in [-0.3, -0.25) is 9.59 Å². The van der Waals surface area contributed by atoms with Crippen LogP contribution in [0.1, 0.15) is 44.2 Å². The third-order valence-electron chi connectivity index (χ3n) is 5.90. The van der Waals surface area contributed by atoms with E-state index in [1.807, 2.05) is 72.4 Å². The van der Waals surface area contributed by atoms with Gasteiger partial charge < -0.3 is 19.9 Å². The molecule has 0 aromatic heterocycles. The molecule has 31 heavy (non-hydrogen) atoms. The Morgan fingerprint density at radius 2 is 1.87 bits per heavy atom. The highest BCUT2D eigenvalue weighted by molar-refractivity contribution is 5.95. The maximum atomic E-state index is 13.4. The van der Waals surface area contributed by atoms with Gasteiger partial charge in [0.2, 0.25) is 11.8 Å². The molecule has 2 aromatic carbocycles. The molecule has 2 aromatic rings. The minimum Gasteiger partial charge on any atom is -0.496 e. The first-order chi connectivity index (χ1) is 15.0. The standard InChI is InChI=1S/C25H33N3O3/c1-5-6-17-28-23(29)16-15-21(24(28)20-9-7-8-10-22(20)31-4)25(30)26-18-11-13-19(14-12-18)27(2)3/h7-14,21,24H,5-6,15-17H2,1-4H3,(H,26,30). The maximum absolute atomic E-state index is 13.4. The van der Waals surface area contributed by atoms with Crippen molar-refractivity contribution < 1.29 is 14.3 Å². The molecule has 6 nitrogen and oxygen atoms in total. The molecule has 1 fully saturated rings. The highest BCUT2D eigenvalue weighted by Gasteiger charge is 2.41. The predicted octanol–water partition coefficient (Wildman–Crippen LogP) is 4.48. The largest absolute Gasteiger partial charge is 0.496 e. The van der Waals surface area contributed by atoms with Crippen molar-refractivity contribution >= 4 is 23.2 Å². The molecule has 0 bridgehead atoms. The van der Waals surface area contributed by atoms with Crippen LogP contribution in [0.4, 0.5) is 11.4 Å². The Labute approximate surface area is 185 Å². The van der Waals surface area contributed by atoms with Gasteiger partial charge in [0.05, 0.1) is 19.1 Å². The number of hydrogen-bond acceptors (Lipinski definition) is 4. The zero-order chi connectivity index (χ0) is 22.4. The van der Waals surface area contributed by atoms with Crippen molar-refractivity contribution in [3.05, 3.63) is 54.1 Å². The molecule has 2 atom stereocenters. The molecule has 1 N–H and O–H groups in total. The van der Waals surface area contributed by atoms with Crippen LogP contribution in [0.5, 0.6) is 5.75 Å². The number of ether oxygens (including phenoxy) is 1. The van der Waals surface area contributed by atoms with Crippen LogP contribution >= 0.6 is 0 Å². The predicted molar refractivity (Wildman–Crippen MR) is 124 cm³/mol. The number of amides is 2. The Morgan fingerprint density at radius 1 is 1.16 bits per heavy atom. The fourth-order valence-electron chi connectivity index (χ4n) is 4.19. The van der Waals surface area contributed by atoms with Gasteiger partial charge >= 0.3 is 0 Å². The summed E-state index contributed by atoms with van der Waals surface area (Å²) < 4.78 is 5.59. The second-order valence-electron chi connectivity index (χ2n) is 8.20.